The van der Waals surface area contributed by atoms with Crippen molar-refractivity contribution >= 4 is 47.4 Å². The van der Waals surface area contributed by atoms with E-state index in [1.54, 1.807) is 12.1 Å². The van der Waals surface area contributed by atoms with Gasteiger partial charge in [-0.2, -0.15) is 0 Å². The molecule has 2 aromatic rings. The number of nitro groups is 1. The van der Waals surface area contributed by atoms with E-state index in [1.165, 1.54) is 12.1 Å². The molecule has 0 aliphatic heterocycles. The number of rotatable bonds is 5. The number of halogens is 1. The first-order valence-corrected chi connectivity index (χ1v) is 8.62. The van der Waals surface area contributed by atoms with Crippen molar-refractivity contribution in [3.05, 3.63) is 46.1 Å². The Hall–Kier alpha value is -1.52. The van der Waals surface area contributed by atoms with E-state index in [2.05, 4.69) is 25.6 Å². The Balaban J connectivity index is 2.23. The van der Waals surface area contributed by atoms with Crippen molar-refractivity contribution < 1.29 is 13.3 Å². The fourth-order valence-electron chi connectivity index (χ4n) is 1.33. The molecule has 0 spiro atoms. The van der Waals surface area contributed by atoms with Gasteiger partial charge in [0, 0.05) is 5.33 Å². The van der Waals surface area contributed by atoms with Gasteiger partial charge in [-0.1, -0.05) is 28.1 Å². The number of sulfonamides is 1. The fraction of sp³-hybridized carbons (Fsp3) is 0.100. The standard InChI is InChI=1S/C10H8BrN3O4S2/c11-5-7-1-3-8(4-2-7)20(17,18)13-10-12-6-9(19-10)14(15)16/h1-4,6H,5H2,(H,12,13). The number of nitrogens with one attached hydrogen (secondary N) is 1. The van der Waals surface area contributed by atoms with Gasteiger partial charge in [0.1, 0.15) is 6.20 Å². The first-order chi connectivity index (χ1) is 9.42. The van der Waals surface area contributed by atoms with E-state index in [9.17, 15) is 18.5 Å². The maximum Gasteiger partial charge on any atom is 0.345 e. The third-order valence-corrected chi connectivity index (χ3v) is 5.28. The van der Waals surface area contributed by atoms with Crippen LogP contribution in [0.2, 0.25) is 0 Å². The van der Waals surface area contributed by atoms with Crippen LogP contribution in [0.5, 0.6) is 0 Å². The lowest BCUT2D eigenvalue weighted by molar-refractivity contribution is -0.380. The summed E-state index contributed by atoms with van der Waals surface area (Å²) >= 11 is 3.93. The molecular weight excluding hydrogens is 370 g/mol. The number of hydrogen-bond acceptors (Lipinski definition) is 6. The lowest BCUT2D eigenvalue weighted by Gasteiger charge is -2.05. The minimum absolute atomic E-state index is 0.0405. The minimum Gasteiger partial charge on any atom is -0.257 e. The molecule has 10 heteroatoms. The molecule has 0 fully saturated rings. The van der Waals surface area contributed by atoms with E-state index < -0.39 is 14.9 Å². The van der Waals surface area contributed by atoms with Crippen LogP contribution in [-0.2, 0) is 15.4 Å². The second kappa shape index (κ2) is 5.85. The van der Waals surface area contributed by atoms with Crippen LogP contribution < -0.4 is 4.72 Å². The molecule has 7 nitrogen and oxygen atoms in total. The molecule has 1 heterocycles. The molecule has 106 valence electrons. The van der Waals surface area contributed by atoms with Crippen LogP contribution in [0.1, 0.15) is 5.56 Å². The van der Waals surface area contributed by atoms with Crippen molar-refractivity contribution in [3.63, 3.8) is 0 Å². The van der Waals surface area contributed by atoms with Crippen molar-refractivity contribution in [2.24, 2.45) is 0 Å². The smallest absolute Gasteiger partial charge is 0.257 e. The number of thiazole rings is 1. The van der Waals surface area contributed by atoms with E-state index in [0.717, 1.165) is 11.8 Å². The maximum atomic E-state index is 12.1. The average Bonchev–Trinajstić information content (AvgIpc) is 2.87. The van der Waals surface area contributed by atoms with Crippen molar-refractivity contribution in [2.45, 2.75) is 10.2 Å². The number of aromatic nitrogens is 1. The van der Waals surface area contributed by atoms with Gasteiger partial charge < -0.3 is 0 Å². The Labute approximate surface area is 127 Å². The molecule has 1 aromatic heterocycles. The molecule has 0 unspecified atom stereocenters. The average molecular weight is 378 g/mol. The lowest BCUT2D eigenvalue weighted by atomic mass is 10.2. The van der Waals surface area contributed by atoms with Crippen LogP contribution in [0.15, 0.2) is 35.4 Å². The quantitative estimate of drug-likeness (QED) is 0.490. The molecule has 0 bridgehead atoms. The van der Waals surface area contributed by atoms with E-state index in [1.807, 2.05) is 0 Å². The van der Waals surface area contributed by atoms with E-state index >= 15 is 0 Å². The third-order valence-electron chi connectivity index (χ3n) is 2.28. The van der Waals surface area contributed by atoms with Gasteiger partial charge >= 0.3 is 5.00 Å². The molecule has 0 radical (unpaired) electrons. The Morgan fingerprint density at radius 2 is 2.00 bits per heavy atom. The van der Waals surface area contributed by atoms with Crippen LogP contribution in [0.25, 0.3) is 0 Å². The molecule has 20 heavy (non-hydrogen) atoms. The lowest BCUT2D eigenvalue weighted by Crippen LogP contribution is -2.12. The number of anilines is 1. The summed E-state index contributed by atoms with van der Waals surface area (Å²) in [5, 5.41) is 10.9. The van der Waals surface area contributed by atoms with Gasteiger partial charge in [-0.15, -0.1) is 0 Å². The SMILES string of the molecule is O=[N+]([O-])c1cnc(NS(=O)(=O)c2ccc(CBr)cc2)s1. The van der Waals surface area contributed by atoms with Gasteiger partial charge in [0.2, 0.25) is 5.13 Å². The van der Waals surface area contributed by atoms with E-state index in [0.29, 0.717) is 16.7 Å². The number of alkyl halides is 1. The highest BCUT2D eigenvalue weighted by Crippen LogP contribution is 2.27. The van der Waals surface area contributed by atoms with E-state index in [-0.39, 0.29) is 15.0 Å². The Morgan fingerprint density at radius 1 is 1.35 bits per heavy atom. The fourth-order valence-corrected chi connectivity index (χ4v) is 3.58. The van der Waals surface area contributed by atoms with Crippen LogP contribution in [0.3, 0.4) is 0 Å². The van der Waals surface area contributed by atoms with Crippen LogP contribution in [0.4, 0.5) is 10.1 Å². The Morgan fingerprint density at radius 3 is 2.50 bits per heavy atom. The number of hydrogen-bond donors (Lipinski definition) is 1. The Kier molecular flexibility index (Phi) is 4.35. The molecule has 0 saturated heterocycles. The Bertz CT molecular complexity index is 727. The third kappa shape index (κ3) is 3.32. The van der Waals surface area contributed by atoms with Gasteiger partial charge in [0.05, 0.1) is 9.82 Å². The first kappa shape index (κ1) is 14.9. The predicted octanol–water partition coefficient (Wildman–Crippen LogP) is 2.75. The predicted molar refractivity (Wildman–Crippen MR) is 78.6 cm³/mol. The monoisotopic (exact) mass is 377 g/mol. The molecular formula is C10H8BrN3O4S2. The molecule has 0 amide bonds. The van der Waals surface area contributed by atoms with Crippen molar-refractivity contribution in [2.75, 3.05) is 4.72 Å². The van der Waals surface area contributed by atoms with Gasteiger partial charge in [-0.3, -0.25) is 14.8 Å². The summed E-state index contributed by atoms with van der Waals surface area (Å²) in [7, 11) is -3.79. The van der Waals surface area contributed by atoms with Crippen LogP contribution >= 0.6 is 27.3 Å². The zero-order valence-corrected chi connectivity index (χ0v) is 13.0. The summed E-state index contributed by atoms with van der Waals surface area (Å²) in [5.41, 5.74) is 0.939. The van der Waals surface area contributed by atoms with Gasteiger partial charge in [0.15, 0.2) is 0 Å². The summed E-state index contributed by atoms with van der Waals surface area (Å²) in [6.07, 6.45) is 1.01. The summed E-state index contributed by atoms with van der Waals surface area (Å²) in [6.45, 7) is 0. The minimum atomic E-state index is -3.79. The normalized spacial score (nSPS) is 11.2. The van der Waals surface area contributed by atoms with Crippen molar-refractivity contribution in [1.82, 2.24) is 4.98 Å². The molecule has 1 N–H and O–H groups in total. The second-order valence-corrected chi connectivity index (χ2v) is 6.90. The molecule has 2 rings (SSSR count). The highest BCUT2D eigenvalue weighted by molar-refractivity contribution is 9.08. The first-order valence-electron chi connectivity index (χ1n) is 5.20. The van der Waals surface area contributed by atoms with Crippen molar-refractivity contribution in [3.8, 4) is 0 Å². The molecule has 0 aliphatic rings. The summed E-state index contributed by atoms with van der Waals surface area (Å²) in [5.74, 6) is 0. The zero-order chi connectivity index (χ0) is 14.8. The molecule has 0 aliphatic carbocycles. The number of nitrogens with zero attached hydrogens (tertiary/aromatic N) is 2. The summed E-state index contributed by atoms with van der Waals surface area (Å²) in [4.78, 5) is 13.6. The molecule has 1 aromatic carbocycles. The zero-order valence-electron chi connectivity index (χ0n) is 9.82. The largest absolute Gasteiger partial charge is 0.345 e. The van der Waals surface area contributed by atoms with E-state index in [4.69, 9.17) is 0 Å². The topological polar surface area (TPSA) is 102 Å². The number of benzene rings is 1. The second-order valence-electron chi connectivity index (χ2n) is 3.64. The highest BCUT2D eigenvalue weighted by atomic mass is 79.9. The van der Waals surface area contributed by atoms with Gasteiger partial charge in [-0.05, 0) is 29.0 Å². The van der Waals surface area contributed by atoms with Crippen molar-refractivity contribution in [1.29, 1.82) is 0 Å². The molecule has 0 saturated carbocycles. The van der Waals surface area contributed by atoms with Gasteiger partial charge in [0.25, 0.3) is 10.0 Å². The molecule has 0 atom stereocenters. The summed E-state index contributed by atoms with van der Waals surface area (Å²) in [6, 6.07) is 6.27. The van der Waals surface area contributed by atoms with Gasteiger partial charge in [-0.25, -0.2) is 13.4 Å². The summed E-state index contributed by atoms with van der Waals surface area (Å²) < 4.78 is 26.3. The van der Waals surface area contributed by atoms with Crippen LogP contribution in [0, 0.1) is 10.1 Å². The maximum absolute atomic E-state index is 12.1. The highest BCUT2D eigenvalue weighted by Gasteiger charge is 2.18. The van der Waals surface area contributed by atoms with Crippen LogP contribution in [-0.4, -0.2) is 18.3 Å².